The molecule has 1 aliphatic rings. The number of nitrogens with zero attached hydrogens (tertiary/aromatic N) is 5. The van der Waals surface area contributed by atoms with Crippen LogP contribution < -0.4 is 15.1 Å². The number of carbonyl (C=O) groups is 1. The van der Waals surface area contributed by atoms with Crippen LogP contribution in [0, 0.1) is 6.92 Å². The lowest BCUT2D eigenvalue weighted by Gasteiger charge is -2.35. The number of hydrogen-bond donors (Lipinski definition) is 1. The van der Waals surface area contributed by atoms with Crippen molar-refractivity contribution in [2.75, 3.05) is 41.3 Å². The topological polar surface area (TPSA) is 74.2 Å². The smallest absolute Gasteiger partial charge is 0.274 e. The molecule has 1 aliphatic heterocycles. The summed E-state index contributed by atoms with van der Waals surface area (Å²) < 4.78 is 0. The highest BCUT2D eigenvalue weighted by Crippen LogP contribution is 2.19. The maximum Gasteiger partial charge on any atom is 0.274 e. The molecule has 0 bridgehead atoms. The fourth-order valence-corrected chi connectivity index (χ4v) is 3.23. The van der Waals surface area contributed by atoms with Crippen LogP contribution in [0.15, 0.2) is 61.1 Å². The number of piperazine rings is 1. The Morgan fingerprint density at radius 1 is 0.893 bits per heavy atom. The molecule has 0 unspecified atom stereocenters. The maximum absolute atomic E-state index is 12.4. The van der Waals surface area contributed by atoms with Gasteiger partial charge in [-0.15, -0.1) is 0 Å². The summed E-state index contributed by atoms with van der Waals surface area (Å²) in [5.74, 6) is 0.565. The van der Waals surface area contributed by atoms with E-state index < -0.39 is 0 Å². The standard InChI is InChI=1S/C21H22N6O/c1-16-5-2-3-6-18(16)25-20(28)19-8-7-17(15-24-19)26-11-13-27(14-12-26)21-22-9-4-10-23-21/h2-10,15H,11-14H2,1H3,(H,25,28). The monoisotopic (exact) mass is 374 g/mol. The number of pyridine rings is 1. The van der Waals surface area contributed by atoms with Gasteiger partial charge in [-0.3, -0.25) is 4.79 Å². The number of aromatic nitrogens is 3. The molecule has 0 spiro atoms. The average Bonchev–Trinajstić information content (AvgIpc) is 2.76. The molecule has 1 N–H and O–H groups in total. The predicted octanol–water partition coefficient (Wildman–Crippen LogP) is 2.76. The van der Waals surface area contributed by atoms with Gasteiger partial charge in [0.2, 0.25) is 5.95 Å². The Kier molecular flexibility index (Phi) is 5.14. The van der Waals surface area contributed by atoms with Gasteiger partial charge in [-0.05, 0) is 36.8 Å². The normalized spacial score (nSPS) is 14.0. The maximum atomic E-state index is 12.4. The van der Waals surface area contributed by atoms with E-state index in [1.54, 1.807) is 24.7 Å². The summed E-state index contributed by atoms with van der Waals surface area (Å²) in [7, 11) is 0. The quantitative estimate of drug-likeness (QED) is 0.757. The Morgan fingerprint density at radius 3 is 2.29 bits per heavy atom. The molecule has 4 rings (SSSR count). The number of rotatable bonds is 4. The number of nitrogens with one attached hydrogen (secondary N) is 1. The molecule has 28 heavy (non-hydrogen) atoms. The molecular weight excluding hydrogens is 352 g/mol. The Labute approximate surface area is 164 Å². The van der Waals surface area contributed by atoms with Crippen molar-refractivity contribution in [1.82, 2.24) is 15.0 Å². The highest BCUT2D eigenvalue weighted by molar-refractivity contribution is 6.03. The molecule has 2 aromatic heterocycles. The zero-order valence-corrected chi connectivity index (χ0v) is 15.7. The van der Waals surface area contributed by atoms with Gasteiger partial charge >= 0.3 is 0 Å². The first-order chi connectivity index (χ1) is 13.7. The van der Waals surface area contributed by atoms with Gasteiger partial charge < -0.3 is 15.1 Å². The number of anilines is 3. The van der Waals surface area contributed by atoms with Crippen molar-refractivity contribution in [1.29, 1.82) is 0 Å². The number of carbonyl (C=O) groups excluding carboxylic acids is 1. The molecule has 0 atom stereocenters. The Balaban J connectivity index is 1.37. The summed E-state index contributed by atoms with van der Waals surface area (Å²) in [6.07, 6.45) is 5.29. The van der Waals surface area contributed by atoms with Crippen molar-refractivity contribution in [3.05, 3.63) is 72.3 Å². The van der Waals surface area contributed by atoms with Gasteiger partial charge in [0.1, 0.15) is 5.69 Å². The van der Waals surface area contributed by atoms with Crippen LogP contribution >= 0.6 is 0 Å². The first kappa shape index (κ1) is 17.9. The lowest BCUT2D eigenvalue weighted by atomic mass is 10.2. The van der Waals surface area contributed by atoms with Crippen LogP contribution in [0.3, 0.4) is 0 Å². The second-order valence-corrected chi connectivity index (χ2v) is 6.69. The molecule has 3 aromatic rings. The third-order valence-electron chi connectivity index (χ3n) is 4.85. The van der Waals surface area contributed by atoms with Crippen molar-refractivity contribution >= 4 is 23.2 Å². The molecule has 1 amide bonds. The van der Waals surface area contributed by atoms with Gasteiger partial charge in [-0.1, -0.05) is 18.2 Å². The second-order valence-electron chi connectivity index (χ2n) is 6.69. The average molecular weight is 374 g/mol. The minimum Gasteiger partial charge on any atom is -0.367 e. The fourth-order valence-electron chi connectivity index (χ4n) is 3.23. The first-order valence-corrected chi connectivity index (χ1v) is 9.31. The number of aryl methyl sites for hydroxylation is 1. The number of amides is 1. The molecule has 142 valence electrons. The third kappa shape index (κ3) is 3.93. The van der Waals surface area contributed by atoms with Crippen LogP contribution in [0.25, 0.3) is 0 Å². The van der Waals surface area contributed by atoms with Crippen LogP contribution in [0.4, 0.5) is 17.3 Å². The summed E-state index contributed by atoms with van der Waals surface area (Å²) in [6.45, 7) is 5.37. The molecule has 1 aromatic carbocycles. The summed E-state index contributed by atoms with van der Waals surface area (Å²) in [4.78, 5) is 29.9. The van der Waals surface area contributed by atoms with E-state index >= 15 is 0 Å². The zero-order valence-electron chi connectivity index (χ0n) is 15.7. The largest absolute Gasteiger partial charge is 0.367 e. The second kappa shape index (κ2) is 8.04. The lowest BCUT2D eigenvalue weighted by Crippen LogP contribution is -2.47. The third-order valence-corrected chi connectivity index (χ3v) is 4.85. The summed E-state index contributed by atoms with van der Waals surface area (Å²) in [6, 6.07) is 13.2. The highest BCUT2D eigenvalue weighted by atomic mass is 16.1. The number of benzene rings is 1. The molecule has 1 saturated heterocycles. The van der Waals surface area contributed by atoms with E-state index in [2.05, 4.69) is 30.1 Å². The number of hydrogen-bond acceptors (Lipinski definition) is 6. The number of para-hydroxylation sites is 1. The Morgan fingerprint density at radius 2 is 1.61 bits per heavy atom. The molecule has 0 aliphatic carbocycles. The van der Waals surface area contributed by atoms with Crippen LogP contribution in [0.1, 0.15) is 16.1 Å². The fraction of sp³-hybridized carbons (Fsp3) is 0.238. The molecule has 0 saturated carbocycles. The molecule has 0 radical (unpaired) electrons. The minimum atomic E-state index is -0.202. The van der Waals surface area contributed by atoms with E-state index in [0.29, 0.717) is 5.69 Å². The SMILES string of the molecule is Cc1ccccc1NC(=O)c1ccc(N2CCN(c3ncccn3)CC2)cn1. The molecule has 1 fully saturated rings. The van der Waals surface area contributed by atoms with Crippen molar-refractivity contribution in [2.24, 2.45) is 0 Å². The van der Waals surface area contributed by atoms with Crippen molar-refractivity contribution < 1.29 is 4.79 Å². The van der Waals surface area contributed by atoms with Crippen molar-refractivity contribution in [2.45, 2.75) is 6.92 Å². The van der Waals surface area contributed by atoms with Gasteiger partial charge in [-0.2, -0.15) is 0 Å². The molecule has 7 nitrogen and oxygen atoms in total. The predicted molar refractivity (Wildman–Crippen MR) is 110 cm³/mol. The van der Waals surface area contributed by atoms with Crippen molar-refractivity contribution in [3.8, 4) is 0 Å². The van der Waals surface area contributed by atoms with Crippen molar-refractivity contribution in [3.63, 3.8) is 0 Å². The van der Waals surface area contributed by atoms with Crippen LogP contribution in [-0.4, -0.2) is 47.0 Å². The Hall–Kier alpha value is -3.48. The van der Waals surface area contributed by atoms with Gasteiger partial charge in [0.15, 0.2) is 0 Å². The van der Waals surface area contributed by atoms with E-state index in [9.17, 15) is 4.79 Å². The summed E-state index contributed by atoms with van der Waals surface area (Å²) >= 11 is 0. The van der Waals surface area contributed by atoms with E-state index in [-0.39, 0.29) is 5.91 Å². The van der Waals surface area contributed by atoms with Crippen LogP contribution in [0.2, 0.25) is 0 Å². The molecule has 3 heterocycles. The highest BCUT2D eigenvalue weighted by Gasteiger charge is 2.19. The van der Waals surface area contributed by atoms with E-state index in [0.717, 1.165) is 49.1 Å². The van der Waals surface area contributed by atoms with Crippen LogP contribution in [0.5, 0.6) is 0 Å². The Bertz CT molecular complexity index is 937. The minimum absolute atomic E-state index is 0.202. The van der Waals surface area contributed by atoms with Gasteiger partial charge in [0.05, 0.1) is 11.9 Å². The van der Waals surface area contributed by atoms with E-state index in [4.69, 9.17) is 0 Å². The van der Waals surface area contributed by atoms with E-state index in [1.807, 2.05) is 43.3 Å². The van der Waals surface area contributed by atoms with Gasteiger partial charge in [0.25, 0.3) is 5.91 Å². The molecular formula is C21H22N6O. The van der Waals surface area contributed by atoms with Gasteiger partial charge in [0, 0.05) is 44.3 Å². The summed E-state index contributed by atoms with van der Waals surface area (Å²) in [5, 5.41) is 2.91. The lowest BCUT2D eigenvalue weighted by molar-refractivity contribution is 0.102. The van der Waals surface area contributed by atoms with Gasteiger partial charge in [-0.25, -0.2) is 15.0 Å². The van der Waals surface area contributed by atoms with E-state index in [1.165, 1.54) is 0 Å². The molecule has 7 heteroatoms. The zero-order chi connectivity index (χ0) is 19.3. The van der Waals surface area contributed by atoms with Crippen LogP contribution in [-0.2, 0) is 0 Å². The summed E-state index contributed by atoms with van der Waals surface area (Å²) in [5.41, 5.74) is 3.25. The first-order valence-electron chi connectivity index (χ1n) is 9.31.